The number of ether oxygens (including phenoxy) is 4. The summed E-state index contributed by atoms with van der Waals surface area (Å²) in [5.41, 5.74) is 1.02. The predicted molar refractivity (Wildman–Crippen MR) is 122 cm³/mol. The Balaban J connectivity index is 2.15. The lowest BCUT2D eigenvalue weighted by Crippen LogP contribution is -2.40. The predicted octanol–water partition coefficient (Wildman–Crippen LogP) is 2.58. The molecule has 2 aromatic carbocycles. The van der Waals surface area contributed by atoms with Crippen molar-refractivity contribution in [3.63, 3.8) is 0 Å². The summed E-state index contributed by atoms with van der Waals surface area (Å²) < 4.78 is 47.3. The van der Waals surface area contributed by atoms with Crippen LogP contribution in [0.25, 0.3) is 0 Å². The van der Waals surface area contributed by atoms with Crippen LogP contribution in [0, 0.1) is 0 Å². The summed E-state index contributed by atoms with van der Waals surface area (Å²) in [6, 6.07) is 9.97. The van der Waals surface area contributed by atoms with E-state index in [4.69, 9.17) is 18.9 Å². The maximum atomic E-state index is 12.6. The van der Waals surface area contributed by atoms with Crippen LogP contribution in [0.2, 0.25) is 0 Å². The first-order valence-electron chi connectivity index (χ1n) is 9.89. The number of nitrogens with one attached hydrogen (secondary N) is 1. The molecule has 0 heterocycles. The number of benzene rings is 2. The number of anilines is 1. The first-order chi connectivity index (χ1) is 15.1. The minimum atomic E-state index is -3.69. The van der Waals surface area contributed by atoms with Crippen LogP contribution in [0.15, 0.2) is 36.4 Å². The van der Waals surface area contributed by atoms with Gasteiger partial charge in [0.2, 0.25) is 21.7 Å². The van der Waals surface area contributed by atoms with Crippen LogP contribution in [0.5, 0.6) is 23.0 Å². The van der Waals surface area contributed by atoms with Gasteiger partial charge in [-0.2, -0.15) is 0 Å². The Kier molecular flexibility index (Phi) is 8.59. The van der Waals surface area contributed by atoms with Crippen molar-refractivity contribution in [2.75, 3.05) is 38.4 Å². The molecule has 0 unspecified atom stereocenters. The van der Waals surface area contributed by atoms with Crippen LogP contribution in [0.4, 0.5) is 5.69 Å². The van der Waals surface area contributed by atoms with Gasteiger partial charge in [0.1, 0.15) is 12.3 Å². The van der Waals surface area contributed by atoms with E-state index < -0.39 is 15.9 Å². The van der Waals surface area contributed by atoms with Gasteiger partial charge in [0.25, 0.3) is 0 Å². The topological polar surface area (TPSA) is 103 Å². The number of sulfonamides is 1. The molecule has 1 amide bonds. The molecule has 0 spiro atoms. The highest BCUT2D eigenvalue weighted by atomic mass is 32.2. The standard InChI is InChI=1S/C22H30N2O7S/c1-15(2)31-18-10-8-17(9-11-18)24(32(6,26)27)14-20(25)23-13-16-7-12-19(28-3)22(30-5)21(16)29-4/h7-12,15H,13-14H2,1-6H3,(H,23,25). The minimum Gasteiger partial charge on any atom is -0.493 e. The lowest BCUT2D eigenvalue weighted by molar-refractivity contribution is -0.119. The highest BCUT2D eigenvalue weighted by Gasteiger charge is 2.22. The molecular formula is C22H30N2O7S. The molecule has 10 heteroatoms. The molecule has 2 rings (SSSR count). The lowest BCUT2D eigenvalue weighted by atomic mass is 10.1. The fourth-order valence-electron chi connectivity index (χ4n) is 3.05. The Morgan fingerprint density at radius 1 is 0.969 bits per heavy atom. The molecule has 0 aromatic heterocycles. The van der Waals surface area contributed by atoms with E-state index in [1.165, 1.54) is 21.3 Å². The normalized spacial score (nSPS) is 11.1. The molecule has 1 N–H and O–H groups in total. The van der Waals surface area contributed by atoms with Gasteiger partial charge in [-0.1, -0.05) is 0 Å². The number of hydrogen-bond donors (Lipinski definition) is 1. The molecular weight excluding hydrogens is 436 g/mol. The maximum absolute atomic E-state index is 12.6. The Morgan fingerprint density at radius 2 is 1.59 bits per heavy atom. The van der Waals surface area contributed by atoms with Crippen molar-refractivity contribution in [3.8, 4) is 23.0 Å². The number of nitrogens with zero attached hydrogens (tertiary/aromatic N) is 1. The Labute approximate surface area is 189 Å². The van der Waals surface area contributed by atoms with Crippen LogP contribution in [-0.4, -0.2) is 54.6 Å². The number of hydrogen-bond acceptors (Lipinski definition) is 7. The monoisotopic (exact) mass is 466 g/mol. The van der Waals surface area contributed by atoms with Gasteiger partial charge in [0.15, 0.2) is 11.5 Å². The fourth-order valence-corrected chi connectivity index (χ4v) is 3.90. The first-order valence-corrected chi connectivity index (χ1v) is 11.7. The van der Waals surface area contributed by atoms with Gasteiger partial charge in [0.05, 0.1) is 39.4 Å². The van der Waals surface area contributed by atoms with Crippen LogP contribution >= 0.6 is 0 Å². The molecule has 0 aliphatic carbocycles. The van der Waals surface area contributed by atoms with Gasteiger partial charge in [0, 0.05) is 12.1 Å². The van der Waals surface area contributed by atoms with Crippen molar-refractivity contribution in [2.45, 2.75) is 26.5 Å². The van der Waals surface area contributed by atoms with E-state index in [-0.39, 0.29) is 19.2 Å². The third kappa shape index (κ3) is 6.43. The zero-order valence-electron chi connectivity index (χ0n) is 19.2. The molecule has 32 heavy (non-hydrogen) atoms. The molecule has 0 atom stereocenters. The molecule has 0 aliphatic heterocycles. The van der Waals surface area contributed by atoms with E-state index in [2.05, 4.69) is 5.32 Å². The van der Waals surface area contributed by atoms with E-state index in [1.54, 1.807) is 36.4 Å². The number of carbonyl (C=O) groups is 1. The fraction of sp³-hybridized carbons (Fsp3) is 0.409. The summed E-state index contributed by atoms with van der Waals surface area (Å²) in [4.78, 5) is 12.6. The molecule has 0 aliphatic rings. The summed E-state index contributed by atoms with van der Waals surface area (Å²) in [5.74, 6) is 1.46. The van der Waals surface area contributed by atoms with Gasteiger partial charge in [-0.25, -0.2) is 8.42 Å². The second-order valence-electron chi connectivity index (χ2n) is 7.20. The van der Waals surface area contributed by atoms with Gasteiger partial charge in [-0.05, 0) is 50.2 Å². The van der Waals surface area contributed by atoms with Gasteiger partial charge in [-0.15, -0.1) is 0 Å². The SMILES string of the molecule is COc1ccc(CNC(=O)CN(c2ccc(OC(C)C)cc2)S(C)(=O)=O)c(OC)c1OC. The van der Waals surface area contributed by atoms with Crippen molar-refractivity contribution >= 4 is 21.6 Å². The van der Waals surface area contributed by atoms with Crippen molar-refractivity contribution < 1.29 is 32.2 Å². The number of amides is 1. The molecule has 0 saturated heterocycles. The zero-order valence-corrected chi connectivity index (χ0v) is 20.0. The first kappa shape index (κ1) is 25.1. The summed E-state index contributed by atoms with van der Waals surface area (Å²) in [6.07, 6.45) is 1.04. The summed E-state index contributed by atoms with van der Waals surface area (Å²) in [6.45, 7) is 3.53. The highest BCUT2D eigenvalue weighted by Crippen LogP contribution is 2.39. The van der Waals surface area contributed by atoms with Crippen LogP contribution in [-0.2, 0) is 21.4 Å². The van der Waals surface area contributed by atoms with Crippen molar-refractivity contribution in [1.29, 1.82) is 0 Å². The quantitative estimate of drug-likeness (QED) is 0.543. The number of carbonyl (C=O) groups excluding carboxylic acids is 1. The van der Waals surface area contributed by atoms with Crippen LogP contribution in [0.3, 0.4) is 0 Å². The third-order valence-electron chi connectivity index (χ3n) is 4.45. The molecule has 9 nitrogen and oxygen atoms in total. The van der Waals surface area contributed by atoms with Crippen molar-refractivity contribution in [3.05, 3.63) is 42.0 Å². The molecule has 176 valence electrons. The van der Waals surface area contributed by atoms with E-state index >= 15 is 0 Å². The molecule has 0 bridgehead atoms. The van der Waals surface area contributed by atoms with Crippen LogP contribution in [0.1, 0.15) is 19.4 Å². The summed E-state index contributed by atoms with van der Waals surface area (Å²) >= 11 is 0. The highest BCUT2D eigenvalue weighted by molar-refractivity contribution is 7.92. The Morgan fingerprint density at radius 3 is 2.09 bits per heavy atom. The van der Waals surface area contributed by atoms with Gasteiger partial charge >= 0.3 is 0 Å². The van der Waals surface area contributed by atoms with Crippen molar-refractivity contribution in [2.24, 2.45) is 0 Å². The van der Waals surface area contributed by atoms with E-state index in [9.17, 15) is 13.2 Å². The minimum absolute atomic E-state index is 0.00814. The Bertz CT molecular complexity index is 1020. The maximum Gasteiger partial charge on any atom is 0.241 e. The number of rotatable bonds is 11. The number of methoxy groups -OCH3 is 3. The van der Waals surface area contributed by atoms with Gasteiger partial charge < -0.3 is 24.3 Å². The smallest absolute Gasteiger partial charge is 0.241 e. The molecule has 0 fully saturated rings. The van der Waals surface area contributed by atoms with Crippen LogP contribution < -0.4 is 28.6 Å². The molecule has 0 saturated carbocycles. The second kappa shape index (κ2) is 10.9. The van der Waals surface area contributed by atoms with E-state index in [0.29, 0.717) is 34.2 Å². The third-order valence-corrected chi connectivity index (χ3v) is 5.59. The average molecular weight is 467 g/mol. The Hall–Kier alpha value is -3.14. The second-order valence-corrected chi connectivity index (χ2v) is 9.11. The van der Waals surface area contributed by atoms with Gasteiger partial charge in [-0.3, -0.25) is 9.10 Å². The largest absolute Gasteiger partial charge is 0.493 e. The molecule has 0 radical (unpaired) electrons. The summed E-state index contributed by atoms with van der Waals surface area (Å²) in [5, 5.41) is 2.73. The zero-order chi connectivity index (χ0) is 23.9. The average Bonchev–Trinajstić information content (AvgIpc) is 2.74. The summed E-state index contributed by atoms with van der Waals surface area (Å²) in [7, 11) is 0.797. The molecule has 2 aromatic rings. The van der Waals surface area contributed by atoms with Crippen molar-refractivity contribution in [1.82, 2.24) is 5.32 Å². The lowest BCUT2D eigenvalue weighted by Gasteiger charge is -2.22. The van der Waals surface area contributed by atoms with E-state index in [1.807, 2.05) is 13.8 Å². The van der Waals surface area contributed by atoms with E-state index in [0.717, 1.165) is 10.6 Å².